The first-order valence-electron chi connectivity index (χ1n) is 10.8. The molecule has 3 N–H and O–H groups in total. The van der Waals surface area contributed by atoms with E-state index in [0.29, 0.717) is 5.56 Å². The van der Waals surface area contributed by atoms with Crippen molar-refractivity contribution in [1.82, 2.24) is 15.0 Å². The van der Waals surface area contributed by atoms with Gasteiger partial charge in [0.05, 0.1) is 12.2 Å². The molecule has 0 saturated carbocycles. The zero-order valence-corrected chi connectivity index (χ0v) is 20.5. The Balaban J connectivity index is 1.74. The van der Waals surface area contributed by atoms with Crippen LogP contribution in [-0.2, 0) is 34.1 Å². The molecular formula is C24H23F5N4O3S. The molecule has 1 atom stereocenters. The molecule has 0 spiro atoms. The summed E-state index contributed by atoms with van der Waals surface area (Å²) in [5.41, 5.74) is -0.231. The van der Waals surface area contributed by atoms with Crippen LogP contribution in [0.2, 0.25) is 0 Å². The number of halogens is 5. The summed E-state index contributed by atoms with van der Waals surface area (Å²) in [4.78, 5) is 16.3. The third kappa shape index (κ3) is 7.95. The SMILES string of the molecule is CC(C(=O)NCc1ccc(C(F)(F)F)nc1Nc1ccc(F)cc1)c1ccc(CNS(C)(=O)=O)c(F)c1. The highest BCUT2D eigenvalue weighted by molar-refractivity contribution is 7.88. The number of carbonyl (C=O) groups excluding carboxylic acids is 1. The van der Waals surface area contributed by atoms with Gasteiger partial charge in [0.25, 0.3) is 0 Å². The zero-order chi connectivity index (χ0) is 27.4. The normalized spacial score (nSPS) is 12.7. The van der Waals surface area contributed by atoms with Crippen molar-refractivity contribution < 1.29 is 35.2 Å². The average Bonchev–Trinajstić information content (AvgIpc) is 2.82. The number of sulfonamides is 1. The minimum atomic E-state index is -4.71. The Morgan fingerprint density at radius 1 is 0.973 bits per heavy atom. The number of aromatic nitrogens is 1. The molecule has 0 aliphatic heterocycles. The van der Waals surface area contributed by atoms with Crippen molar-refractivity contribution in [2.24, 2.45) is 0 Å². The number of rotatable bonds is 9. The van der Waals surface area contributed by atoms with Crippen molar-refractivity contribution in [3.8, 4) is 0 Å². The lowest BCUT2D eigenvalue weighted by Crippen LogP contribution is -2.28. The first-order valence-corrected chi connectivity index (χ1v) is 12.7. The molecule has 13 heteroatoms. The molecule has 0 aliphatic rings. The van der Waals surface area contributed by atoms with Crippen molar-refractivity contribution in [3.63, 3.8) is 0 Å². The number of benzene rings is 2. The van der Waals surface area contributed by atoms with Gasteiger partial charge in [-0.2, -0.15) is 13.2 Å². The number of pyridine rings is 1. The minimum absolute atomic E-state index is 0.0918. The molecule has 0 fully saturated rings. The van der Waals surface area contributed by atoms with Crippen molar-refractivity contribution >= 4 is 27.4 Å². The summed E-state index contributed by atoms with van der Waals surface area (Å²) < 4.78 is 91.8. The fourth-order valence-corrected chi connectivity index (χ4v) is 3.66. The Bertz CT molecular complexity index is 1380. The van der Waals surface area contributed by atoms with Gasteiger partial charge in [0.1, 0.15) is 23.1 Å². The predicted molar refractivity (Wildman–Crippen MR) is 127 cm³/mol. The van der Waals surface area contributed by atoms with E-state index < -0.39 is 45.4 Å². The minimum Gasteiger partial charge on any atom is -0.351 e. The number of hydrogen-bond donors (Lipinski definition) is 3. The van der Waals surface area contributed by atoms with Gasteiger partial charge in [0.2, 0.25) is 15.9 Å². The molecule has 2 aromatic carbocycles. The molecular weight excluding hydrogens is 519 g/mol. The van der Waals surface area contributed by atoms with E-state index in [9.17, 15) is 35.2 Å². The van der Waals surface area contributed by atoms with Crippen LogP contribution >= 0.6 is 0 Å². The fourth-order valence-electron chi connectivity index (χ4n) is 3.24. The quantitative estimate of drug-likeness (QED) is 0.344. The van der Waals surface area contributed by atoms with E-state index in [1.165, 1.54) is 31.2 Å². The maximum absolute atomic E-state index is 14.4. The standard InChI is InChI=1S/C24H23F5N4O3S/c1-14(15-3-4-16(20(26)11-15)13-31-37(2,35)36)23(34)30-12-17-5-10-21(24(27,28)29)33-22(17)32-19-8-6-18(25)7-9-19/h3-11,14,31H,12-13H2,1-2H3,(H,30,34)(H,32,33). The van der Waals surface area contributed by atoms with E-state index >= 15 is 0 Å². The van der Waals surface area contributed by atoms with Gasteiger partial charge < -0.3 is 10.6 Å². The molecule has 3 rings (SSSR count). The van der Waals surface area contributed by atoms with Gasteiger partial charge in [0.15, 0.2) is 0 Å². The number of carbonyl (C=O) groups is 1. The number of hydrogen-bond acceptors (Lipinski definition) is 5. The Morgan fingerprint density at radius 3 is 2.22 bits per heavy atom. The van der Waals surface area contributed by atoms with Crippen molar-refractivity contribution in [1.29, 1.82) is 0 Å². The molecule has 0 aliphatic carbocycles. The van der Waals surface area contributed by atoms with E-state index in [2.05, 4.69) is 20.3 Å². The van der Waals surface area contributed by atoms with Gasteiger partial charge in [0, 0.05) is 29.9 Å². The molecule has 198 valence electrons. The van der Waals surface area contributed by atoms with Crippen LogP contribution in [0.15, 0.2) is 54.6 Å². The van der Waals surface area contributed by atoms with Crippen LogP contribution in [-0.4, -0.2) is 25.6 Å². The topological polar surface area (TPSA) is 100 Å². The van der Waals surface area contributed by atoms with E-state index in [4.69, 9.17) is 0 Å². The van der Waals surface area contributed by atoms with E-state index in [-0.39, 0.29) is 35.7 Å². The van der Waals surface area contributed by atoms with Crippen molar-refractivity contribution in [2.45, 2.75) is 32.1 Å². The van der Waals surface area contributed by atoms with Crippen LogP contribution in [0.5, 0.6) is 0 Å². The third-order valence-electron chi connectivity index (χ3n) is 5.32. The largest absolute Gasteiger partial charge is 0.433 e. The van der Waals surface area contributed by atoms with E-state index in [1.807, 2.05) is 0 Å². The van der Waals surface area contributed by atoms with Gasteiger partial charge in [-0.25, -0.2) is 26.9 Å². The van der Waals surface area contributed by atoms with Gasteiger partial charge in [-0.15, -0.1) is 0 Å². The van der Waals surface area contributed by atoms with E-state index in [0.717, 1.165) is 36.6 Å². The third-order valence-corrected chi connectivity index (χ3v) is 5.99. The lowest BCUT2D eigenvalue weighted by Gasteiger charge is -2.17. The van der Waals surface area contributed by atoms with Crippen LogP contribution in [0.3, 0.4) is 0 Å². The Morgan fingerprint density at radius 2 is 1.62 bits per heavy atom. The molecule has 1 heterocycles. The van der Waals surface area contributed by atoms with Gasteiger partial charge >= 0.3 is 6.18 Å². The van der Waals surface area contributed by atoms with Crippen molar-refractivity contribution in [3.05, 3.63) is 88.6 Å². The number of anilines is 2. The summed E-state index contributed by atoms with van der Waals surface area (Å²) in [6.45, 7) is 1.06. The molecule has 1 aromatic heterocycles. The summed E-state index contributed by atoms with van der Waals surface area (Å²) >= 11 is 0. The Labute approximate surface area is 210 Å². The highest BCUT2D eigenvalue weighted by atomic mass is 32.2. The second kappa shape index (κ2) is 11.2. The summed E-state index contributed by atoms with van der Waals surface area (Å²) in [6.07, 6.45) is -3.76. The molecule has 0 radical (unpaired) electrons. The van der Waals surface area contributed by atoms with Crippen molar-refractivity contribution in [2.75, 3.05) is 11.6 Å². The number of amides is 1. The number of nitrogens with zero attached hydrogens (tertiary/aromatic N) is 1. The highest BCUT2D eigenvalue weighted by Crippen LogP contribution is 2.30. The smallest absolute Gasteiger partial charge is 0.351 e. The van der Waals surface area contributed by atoms with E-state index in [1.54, 1.807) is 0 Å². The predicted octanol–water partition coefficient (Wildman–Crippen LogP) is 4.59. The molecule has 0 bridgehead atoms. The maximum Gasteiger partial charge on any atom is 0.433 e. The van der Waals surface area contributed by atoms with Gasteiger partial charge in [-0.05, 0) is 48.9 Å². The Kier molecular flexibility index (Phi) is 8.49. The highest BCUT2D eigenvalue weighted by Gasteiger charge is 2.33. The lowest BCUT2D eigenvalue weighted by atomic mass is 9.98. The lowest BCUT2D eigenvalue weighted by molar-refractivity contribution is -0.141. The monoisotopic (exact) mass is 542 g/mol. The van der Waals surface area contributed by atoms with Crippen LogP contribution in [0.4, 0.5) is 33.5 Å². The summed E-state index contributed by atoms with van der Waals surface area (Å²) in [5, 5.41) is 5.30. The Hall–Kier alpha value is -3.58. The van der Waals surface area contributed by atoms with Crippen LogP contribution in [0.1, 0.15) is 35.2 Å². The van der Waals surface area contributed by atoms with Crippen LogP contribution in [0.25, 0.3) is 0 Å². The molecule has 1 amide bonds. The molecule has 1 unspecified atom stereocenters. The molecule has 7 nitrogen and oxygen atoms in total. The summed E-state index contributed by atoms with van der Waals surface area (Å²) in [7, 11) is -3.52. The summed E-state index contributed by atoms with van der Waals surface area (Å²) in [5.74, 6) is -2.77. The average molecular weight is 543 g/mol. The first kappa shape index (κ1) is 28.0. The van der Waals surface area contributed by atoms with Gasteiger partial charge in [-0.1, -0.05) is 18.2 Å². The fraction of sp³-hybridized carbons (Fsp3) is 0.250. The number of alkyl halides is 3. The molecule has 3 aromatic rings. The van der Waals surface area contributed by atoms with Crippen LogP contribution in [0, 0.1) is 11.6 Å². The van der Waals surface area contributed by atoms with Gasteiger partial charge in [-0.3, -0.25) is 4.79 Å². The maximum atomic E-state index is 14.4. The van der Waals surface area contributed by atoms with Crippen LogP contribution < -0.4 is 15.4 Å². The second-order valence-electron chi connectivity index (χ2n) is 8.22. The second-order valence-corrected chi connectivity index (χ2v) is 10.1. The summed E-state index contributed by atoms with van der Waals surface area (Å²) in [6, 6.07) is 10.8. The zero-order valence-electron chi connectivity index (χ0n) is 19.7. The molecule has 0 saturated heterocycles. The first-order chi connectivity index (χ1) is 17.2. The molecule has 37 heavy (non-hydrogen) atoms. The number of nitrogens with one attached hydrogen (secondary N) is 3.